The van der Waals surface area contributed by atoms with Crippen LogP contribution in [0.1, 0.15) is 85.5 Å². The van der Waals surface area contributed by atoms with Crippen molar-refractivity contribution in [2.45, 2.75) is 104 Å². The van der Waals surface area contributed by atoms with E-state index >= 15 is 0 Å². The minimum atomic E-state index is -0.0755. The van der Waals surface area contributed by atoms with Crippen molar-refractivity contribution in [2.75, 3.05) is 39.4 Å². The second-order valence-corrected chi connectivity index (χ2v) is 13.9. The monoisotopic (exact) mass is 486 g/mol. The third-order valence-electron chi connectivity index (χ3n) is 12.4. The molecule has 5 nitrogen and oxygen atoms in total. The van der Waals surface area contributed by atoms with Crippen LogP contribution in [0.5, 0.6) is 0 Å². The molecule has 35 heavy (non-hydrogen) atoms. The van der Waals surface area contributed by atoms with Gasteiger partial charge >= 0.3 is 5.97 Å². The van der Waals surface area contributed by atoms with Crippen LogP contribution in [-0.2, 0) is 14.3 Å². The summed E-state index contributed by atoms with van der Waals surface area (Å²) in [5.41, 5.74) is 0.608. The van der Waals surface area contributed by atoms with E-state index in [0.29, 0.717) is 17.4 Å². The first-order chi connectivity index (χ1) is 16.8. The highest BCUT2D eigenvalue weighted by atomic mass is 16.5. The van der Waals surface area contributed by atoms with Gasteiger partial charge in [0.25, 0.3) is 0 Å². The fourth-order valence-electron chi connectivity index (χ4n) is 10.7. The minimum Gasteiger partial charge on any atom is -0.460 e. The second-order valence-electron chi connectivity index (χ2n) is 13.9. The van der Waals surface area contributed by atoms with E-state index in [2.05, 4.69) is 30.6 Å². The van der Waals surface area contributed by atoms with E-state index < -0.39 is 0 Å². The van der Waals surface area contributed by atoms with Crippen molar-refractivity contribution >= 4 is 5.97 Å². The van der Waals surface area contributed by atoms with Crippen molar-refractivity contribution in [1.82, 2.24) is 9.80 Å². The molecule has 0 amide bonds. The summed E-state index contributed by atoms with van der Waals surface area (Å²) in [6.45, 7) is 15.8. The van der Waals surface area contributed by atoms with Crippen LogP contribution in [0.2, 0.25) is 0 Å². The van der Waals surface area contributed by atoms with Gasteiger partial charge in [-0.1, -0.05) is 20.8 Å². The average molecular weight is 487 g/mol. The van der Waals surface area contributed by atoms with Gasteiger partial charge in [-0.15, -0.1) is 0 Å². The maximum Gasteiger partial charge on any atom is 0.302 e. The molecule has 0 N–H and O–H groups in total. The van der Waals surface area contributed by atoms with Crippen LogP contribution in [-0.4, -0.2) is 73.3 Å². The van der Waals surface area contributed by atoms with Crippen molar-refractivity contribution in [3.63, 3.8) is 0 Å². The highest BCUT2D eigenvalue weighted by molar-refractivity contribution is 5.66. The van der Waals surface area contributed by atoms with Gasteiger partial charge in [-0.05, 0) is 106 Å². The summed E-state index contributed by atoms with van der Waals surface area (Å²) in [6.07, 6.45) is 12.1. The Morgan fingerprint density at radius 1 is 0.886 bits per heavy atom. The predicted molar refractivity (Wildman–Crippen MR) is 138 cm³/mol. The van der Waals surface area contributed by atoms with E-state index in [-0.39, 0.29) is 17.5 Å². The Hall–Kier alpha value is -0.650. The number of fused-ring (bicyclic) bond motifs is 5. The van der Waals surface area contributed by atoms with Crippen molar-refractivity contribution in [3.8, 4) is 0 Å². The number of ether oxygens (including phenoxy) is 2. The van der Waals surface area contributed by atoms with E-state index in [1.54, 1.807) is 6.92 Å². The van der Waals surface area contributed by atoms with Crippen LogP contribution < -0.4 is 0 Å². The molecule has 5 heteroatoms. The molecule has 0 spiro atoms. The Morgan fingerprint density at radius 2 is 1.60 bits per heavy atom. The van der Waals surface area contributed by atoms with Gasteiger partial charge in [-0.25, -0.2) is 0 Å². The summed E-state index contributed by atoms with van der Waals surface area (Å²) >= 11 is 0. The van der Waals surface area contributed by atoms with Crippen molar-refractivity contribution < 1.29 is 14.3 Å². The van der Waals surface area contributed by atoms with E-state index in [1.165, 1.54) is 70.9 Å². The lowest BCUT2D eigenvalue weighted by molar-refractivity contribution is -0.168. The third-order valence-corrected chi connectivity index (χ3v) is 12.4. The van der Waals surface area contributed by atoms with Gasteiger partial charge in [0.1, 0.15) is 6.10 Å². The zero-order valence-electron chi connectivity index (χ0n) is 22.8. The van der Waals surface area contributed by atoms with Crippen LogP contribution in [0.4, 0.5) is 0 Å². The lowest BCUT2D eigenvalue weighted by Crippen LogP contribution is -2.59. The number of carbonyl (C=O) groups is 1. The molecule has 0 bridgehead atoms. The summed E-state index contributed by atoms with van der Waals surface area (Å²) in [7, 11) is 0. The van der Waals surface area contributed by atoms with Crippen molar-refractivity contribution in [1.29, 1.82) is 0 Å². The Balaban J connectivity index is 1.27. The fourth-order valence-corrected chi connectivity index (χ4v) is 10.7. The number of likely N-dealkylation sites (tertiary alicyclic amines) is 1. The average Bonchev–Trinajstić information content (AvgIpc) is 3.46. The molecular weight excluding hydrogens is 436 g/mol. The molecule has 4 saturated carbocycles. The topological polar surface area (TPSA) is 42.0 Å². The van der Waals surface area contributed by atoms with Gasteiger partial charge in [-0.3, -0.25) is 14.6 Å². The van der Waals surface area contributed by atoms with Gasteiger partial charge in [0.05, 0.1) is 13.2 Å². The molecule has 2 heterocycles. The number of rotatable bonds is 3. The van der Waals surface area contributed by atoms with Crippen LogP contribution in [0, 0.1) is 40.4 Å². The number of hydrogen-bond donors (Lipinski definition) is 0. The number of carbonyl (C=O) groups excluding carboxylic acids is 1. The molecule has 2 aliphatic heterocycles. The van der Waals surface area contributed by atoms with Crippen LogP contribution in [0.25, 0.3) is 0 Å². The summed E-state index contributed by atoms with van der Waals surface area (Å²) in [6, 6.07) is 1.16. The van der Waals surface area contributed by atoms with Crippen molar-refractivity contribution in [2.24, 2.45) is 40.4 Å². The van der Waals surface area contributed by atoms with Crippen LogP contribution >= 0.6 is 0 Å². The first kappa shape index (κ1) is 24.7. The second kappa shape index (κ2) is 9.27. The Morgan fingerprint density at radius 3 is 2.31 bits per heavy atom. The summed E-state index contributed by atoms with van der Waals surface area (Å²) in [5, 5.41) is 0. The Kier molecular flexibility index (Phi) is 6.54. The van der Waals surface area contributed by atoms with Gasteiger partial charge in [-0.2, -0.15) is 0 Å². The molecule has 4 aliphatic carbocycles. The lowest BCUT2D eigenvalue weighted by atomic mass is 9.44. The number of esters is 1. The number of hydrogen-bond acceptors (Lipinski definition) is 5. The Labute approximate surface area is 213 Å². The predicted octanol–water partition coefficient (Wildman–Crippen LogP) is 4.98. The maximum atomic E-state index is 12.3. The van der Waals surface area contributed by atoms with Gasteiger partial charge in [0.2, 0.25) is 0 Å². The van der Waals surface area contributed by atoms with Gasteiger partial charge in [0, 0.05) is 37.5 Å². The molecule has 6 fully saturated rings. The minimum absolute atomic E-state index is 0.0755. The van der Waals surface area contributed by atoms with E-state index in [1.807, 2.05) is 0 Å². The molecule has 4 unspecified atom stereocenters. The fraction of sp³-hybridized carbons (Fsp3) is 0.967. The molecule has 0 aromatic rings. The largest absolute Gasteiger partial charge is 0.460 e. The van der Waals surface area contributed by atoms with E-state index in [9.17, 15) is 4.79 Å². The molecule has 10 atom stereocenters. The summed E-state index contributed by atoms with van der Waals surface area (Å²) in [5.74, 6) is 3.96. The quantitative estimate of drug-likeness (QED) is 0.526. The smallest absolute Gasteiger partial charge is 0.302 e. The zero-order chi connectivity index (χ0) is 24.4. The van der Waals surface area contributed by atoms with E-state index in [0.717, 1.165) is 56.0 Å². The SMILES string of the molecule is CC(=O)O[C@H]1[C@@H](N2CCCC2)CC2C3CCC4C[C@H](C)[C@@H](N5CCOCC5)C[C@]4(C)C3CC[C@@]21C. The highest BCUT2D eigenvalue weighted by Crippen LogP contribution is 2.67. The summed E-state index contributed by atoms with van der Waals surface area (Å²) in [4.78, 5) is 17.7. The molecule has 0 aromatic carbocycles. The normalized spacial score (nSPS) is 50.9. The highest BCUT2D eigenvalue weighted by Gasteiger charge is 2.64. The number of morpholine rings is 1. The van der Waals surface area contributed by atoms with Crippen molar-refractivity contribution in [3.05, 3.63) is 0 Å². The standard InChI is InChI=1S/C30H50N2O3/c1-20-17-22-7-8-23-24(30(22,4)19-27(20)32-13-15-34-16-14-32)9-10-29(3)25(23)18-26(28(29)35-21(2)33)31-11-5-6-12-31/h20,22-28H,5-19H2,1-4H3/t20-,22?,23?,24?,25?,26-,27-,28-,29-,30-/m0/s1. The number of nitrogens with zero attached hydrogens (tertiary/aromatic N) is 2. The van der Waals surface area contributed by atoms with Gasteiger partial charge in [0.15, 0.2) is 0 Å². The molecule has 6 rings (SSSR count). The molecular formula is C30H50N2O3. The Bertz CT molecular complexity index is 792. The molecule has 0 radical (unpaired) electrons. The molecule has 0 aromatic heterocycles. The molecule has 2 saturated heterocycles. The van der Waals surface area contributed by atoms with Gasteiger partial charge < -0.3 is 9.47 Å². The first-order valence-electron chi connectivity index (χ1n) is 15.0. The maximum absolute atomic E-state index is 12.3. The van der Waals surface area contributed by atoms with Crippen LogP contribution in [0.3, 0.4) is 0 Å². The van der Waals surface area contributed by atoms with Crippen LogP contribution in [0.15, 0.2) is 0 Å². The zero-order valence-corrected chi connectivity index (χ0v) is 22.8. The third kappa shape index (κ3) is 4.02. The van der Waals surface area contributed by atoms with E-state index in [4.69, 9.17) is 9.47 Å². The lowest BCUT2D eigenvalue weighted by Gasteiger charge is -2.62. The molecule has 6 aliphatic rings. The molecule has 198 valence electrons. The first-order valence-corrected chi connectivity index (χ1v) is 15.0. The summed E-state index contributed by atoms with van der Waals surface area (Å²) < 4.78 is 11.9.